The first kappa shape index (κ1) is 19.5. The highest BCUT2D eigenvalue weighted by Gasteiger charge is 2.26. The molecule has 0 aromatic heterocycles. The molecule has 0 saturated heterocycles. The van der Waals surface area contributed by atoms with Gasteiger partial charge in [0.1, 0.15) is 6.04 Å². The van der Waals surface area contributed by atoms with Crippen LogP contribution < -0.4 is 15.6 Å². The van der Waals surface area contributed by atoms with Gasteiger partial charge in [0.25, 0.3) is 5.91 Å². The lowest BCUT2D eigenvalue weighted by molar-refractivity contribution is -0.123. The molecule has 0 aliphatic heterocycles. The van der Waals surface area contributed by atoms with Crippen molar-refractivity contribution in [3.8, 4) is 0 Å². The van der Waals surface area contributed by atoms with Crippen LogP contribution in [0.2, 0.25) is 5.02 Å². The Labute approximate surface area is 142 Å². The maximum Gasteiger partial charge on any atom is 0.256 e. The monoisotopic (exact) mass is 359 g/mol. The summed E-state index contributed by atoms with van der Waals surface area (Å²) in [4.78, 5) is 12.2. The van der Waals surface area contributed by atoms with E-state index in [9.17, 15) is 13.2 Å². The second kappa shape index (κ2) is 8.33. The van der Waals surface area contributed by atoms with E-state index in [1.807, 2.05) is 13.8 Å². The molecule has 0 saturated carbocycles. The Kier molecular flexibility index (Phi) is 7.05. The lowest BCUT2D eigenvalue weighted by atomic mass is 10.0. The normalized spacial score (nSPS) is 12.7. The summed E-state index contributed by atoms with van der Waals surface area (Å²) in [6, 6.07) is 4.84. The van der Waals surface area contributed by atoms with E-state index < -0.39 is 22.0 Å². The fourth-order valence-electron chi connectivity index (χ4n) is 1.80. The lowest BCUT2D eigenvalue weighted by Gasteiger charge is -2.20. The van der Waals surface area contributed by atoms with Crippen LogP contribution in [-0.2, 0) is 14.8 Å². The molecule has 128 valence electrons. The van der Waals surface area contributed by atoms with Gasteiger partial charge >= 0.3 is 0 Å². The summed E-state index contributed by atoms with van der Waals surface area (Å²) in [5.74, 6) is -0.345. The Balaban J connectivity index is 2.92. The van der Waals surface area contributed by atoms with Gasteiger partial charge in [-0.05, 0) is 43.5 Å². The molecule has 1 aromatic rings. The molecule has 23 heavy (non-hydrogen) atoms. The zero-order valence-corrected chi connectivity index (χ0v) is 15.0. The highest BCUT2D eigenvalue weighted by Crippen LogP contribution is 2.15. The topological polar surface area (TPSA) is 87.3 Å². The van der Waals surface area contributed by atoms with Crippen LogP contribution in [0.5, 0.6) is 0 Å². The molecule has 6 nitrogen and oxygen atoms in total. The van der Waals surface area contributed by atoms with Crippen LogP contribution in [0.15, 0.2) is 41.4 Å². The molecule has 0 spiro atoms. The van der Waals surface area contributed by atoms with Gasteiger partial charge in [-0.1, -0.05) is 32.0 Å². The van der Waals surface area contributed by atoms with Crippen molar-refractivity contribution in [1.82, 2.24) is 15.6 Å². The molecular weight excluding hydrogens is 338 g/mol. The average Bonchev–Trinajstić information content (AvgIpc) is 2.43. The summed E-state index contributed by atoms with van der Waals surface area (Å²) in [7, 11) is -3.83. The Hall–Kier alpha value is -1.57. The number of hydrazine groups is 1. The first-order chi connectivity index (χ1) is 10.6. The van der Waals surface area contributed by atoms with Crippen molar-refractivity contribution in [2.24, 2.45) is 5.92 Å². The van der Waals surface area contributed by atoms with Crippen LogP contribution in [0.3, 0.4) is 0 Å². The second-order valence-electron chi connectivity index (χ2n) is 5.65. The molecular formula is C15H22ClN3O3S. The number of amides is 1. The molecule has 0 aliphatic carbocycles. The summed E-state index contributed by atoms with van der Waals surface area (Å²) in [6.45, 7) is 9.09. The van der Waals surface area contributed by atoms with Crippen molar-refractivity contribution in [1.29, 1.82) is 0 Å². The molecule has 8 heteroatoms. The molecule has 0 aliphatic rings. The third-order valence-electron chi connectivity index (χ3n) is 2.84. The second-order valence-corrected chi connectivity index (χ2v) is 7.80. The predicted octanol–water partition coefficient (Wildman–Crippen LogP) is 2.19. The summed E-state index contributed by atoms with van der Waals surface area (Å²) >= 11 is 5.76. The third kappa shape index (κ3) is 6.60. The summed E-state index contributed by atoms with van der Waals surface area (Å²) in [5.41, 5.74) is 5.56. The Bertz CT molecular complexity index is 657. The van der Waals surface area contributed by atoms with Crippen molar-refractivity contribution in [3.05, 3.63) is 41.6 Å². The molecule has 3 N–H and O–H groups in total. The van der Waals surface area contributed by atoms with Gasteiger partial charge in [-0.3, -0.25) is 10.2 Å². The number of rotatable bonds is 8. The fourth-order valence-corrected chi connectivity index (χ4v) is 3.14. The number of hydrogen-bond donors (Lipinski definition) is 3. The minimum Gasteiger partial charge on any atom is -0.304 e. The van der Waals surface area contributed by atoms with Gasteiger partial charge in [0.15, 0.2) is 0 Å². The molecule has 0 radical (unpaired) electrons. The van der Waals surface area contributed by atoms with E-state index >= 15 is 0 Å². The number of carbonyl (C=O) groups excluding carboxylic acids is 1. The first-order valence-electron chi connectivity index (χ1n) is 7.11. The number of carbonyl (C=O) groups is 1. The maximum atomic E-state index is 12.4. The highest BCUT2D eigenvalue weighted by molar-refractivity contribution is 7.89. The Morgan fingerprint density at radius 2 is 1.78 bits per heavy atom. The quantitative estimate of drug-likeness (QED) is 0.621. The van der Waals surface area contributed by atoms with Gasteiger partial charge in [-0.2, -0.15) is 4.72 Å². The molecule has 0 heterocycles. The van der Waals surface area contributed by atoms with E-state index in [1.54, 1.807) is 6.92 Å². The summed E-state index contributed by atoms with van der Waals surface area (Å²) < 4.78 is 27.2. The van der Waals surface area contributed by atoms with Crippen molar-refractivity contribution >= 4 is 27.5 Å². The van der Waals surface area contributed by atoms with E-state index in [2.05, 4.69) is 22.2 Å². The van der Waals surface area contributed by atoms with Crippen molar-refractivity contribution in [2.45, 2.75) is 38.1 Å². The predicted molar refractivity (Wildman–Crippen MR) is 91.1 cm³/mol. The number of sulfonamides is 1. The van der Waals surface area contributed by atoms with Crippen LogP contribution in [0.25, 0.3) is 0 Å². The van der Waals surface area contributed by atoms with Crippen LogP contribution in [-0.4, -0.2) is 20.4 Å². The van der Waals surface area contributed by atoms with Gasteiger partial charge in [-0.15, -0.1) is 0 Å². The number of nitrogens with one attached hydrogen (secondary N) is 3. The molecule has 1 rings (SSSR count). The molecule has 1 aromatic carbocycles. The van der Waals surface area contributed by atoms with E-state index in [4.69, 9.17) is 11.6 Å². The smallest absolute Gasteiger partial charge is 0.256 e. The zero-order valence-electron chi connectivity index (χ0n) is 13.4. The van der Waals surface area contributed by atoms with E-state index in [0.29, 0.717) is 17.1 Å². The van der Waals surface area contributed by atoms with E-state index in [0.717, 1.165) is 0 Å². The van der Waals surface area contributed by atoms with Gasteiger partial charge < -0.3 is 5.43 Å². The minimum atomic E-state index is -3.83. The average molecular weight is 360 g/mol. The number of halogens is 1. The zero-order chi connectivity index (χ0) is 17.6. The summed E-state index contributed by atoms with van der Waals surface area (Å²) in [5, 5.41) is 0.436. The van der Waals surface area contributed by atoms with Crippen LogP contribution in [0, 0.1) is 5.92 Å². The lowest BCUT2D eigenvalue weighted by Crippen LogP contribution is -2.50. The standard InChI is InChI=1S/C15H22ClN3O3S/c1-10(2)9-14(15(20)18-17-11(3)4)19-23(21,22)13-7-5-12(16)6-8-13/h5-8,10,14,17,19H,3,9H2,1-2,4H3,(H,18,20). The molecule has 1 atom stereocenters. The minimum absolute atomic E-state index is 0.0521. The SMILES string of the molecule is C=C(C)NNC(=O)C(CC(C)C)NS(=O)(=O)c1ccc(Cl)cc1. The van der Waals surface area contributed by atoms with Crippen molar-refractivity contribution in [2.75, 3.05) is 0 Å². The van der Waals surface area contributed by atoms with Gasteiger partial charge in [0.05, 0.1) is 4.90 Å². The number of hydrogen-bond acceptors (Lipinski definition) is 4. The maximum absolute atomic E-state index is 12.4. The fraction of sp³-hybridized carbons (Fsp3) is 0.400. The molecule has 1 unspecified atom stereocenters. The third-order valence-corrected chi connectivity index (χ3v) is 4.58. The highest BCUT2D eigenvalue weighted by atomic mass is 35.5. The van der Waals surface area contributed by atoms with Crippen LogP contribution >= 0.6 is 11.6 Å². The Morgan fingerprint density at radius 1 is 1.22 bits per heavy atom. The molecule has 0 bridgehead atoms. The Morgan fingerprint density at radius 3 is 2.26 bits per heavy atom. The van der Waals surface area contributed by atoms with Gasteiger partial charge in [0.2, 0.25) is 10.0 Å². The number of allylic oxidation sites excluding steroid dienone is 1. The largest absolute Gasteiger partial charge is 0.304 e. The summed E-state index contributed by atoms with van der Waals surface area (Å²) in [6.07, 6.45) is 0.358. The van der Waals surface area contributed by atoms with Crippen molar-refractivity contribution in [3.63, 3.8) is 0 Å². The van der Waals surface area contributed by atoms with E-state index in [1.165, 1.54) is 24.3 Å². The first-order valence-corrected chi connectivity index (χ1v) is 8.97. The molecule has 1 amide bonds. The van der Waals surface area contributed by atoms with Gasteiger partial charge in [0, 0.05) is 10.7 Å². The van der Waals surface area contributed by atoms with E-state index in [-0.39, 0.29) is 10.8 Å². The van der Waals surface area contributed by atoms with Gasteiger partial charge in [-0.25, -0.2) is 8.42 Å². The molecule has 0 fully saturated rings. The number of benzene rings is 1. The van der Waals surface area contributed by atoms with Crippen LogP contribution in [0.1, 0.15) is 27.2 Å². The van der Waals surface area contributed by atoms with Crippen LogP contribution in [0.4, 0.5) is 0 Å². The van der Waals surface area contributed by atoms with Crippen molar-refractivity contribution < 1.29 is 13.2 Å².